The van der Waals surface area contributed by atoms with E-state index in [0.29, 0.717) is 5.69 Å². The monoisotopic (exact) mass is 165 g/mol. The molecular formula is C7H7N3O2. The molecule has 0 aliphatic rings. The average Bonchev–Trinajstić information content (AvgIpc) is 2.32. The Labute approximate surface area is 68.8 Å². The van der Waals surface area contributed by atoms with Crippen molar-refractivity contribution in [1.29, 1.82) is 5.26 Å². The van der Waals surface area contributed by atoms with Gasteiger partial charge in [-0.2, -0.15) is 10.4 Å². The van der Waals surface area contributed by atoms with E-state index in [1.54, 1.807) is 0 Å². The summed E-state index contributed by atoms with van der Waals surface area (Å²) in [6.07, 6.45) is 0.140. The lowest BCUT2D eigenvalue weighted by Gasteiger charge is -1.91. The zero-order valence-corrected chi connectivity index (χ0v) is 6.48. The van der Waals surface area contributed by atoms with Gasteiger partial charge in [-0.25, -0.2) is 4.79 Å². The van der Waals surface area contributed by atoms with Crippen LogP contribution in [-0.4, -0.2) is 20.9 Å². The van der Waals surface area contributed by atoms with Crippen molar-refractivity contribution in [1.82, 2.24) is 9.78 Å². The molecule has 5 nitrogen and oxygen atoms in total. The zero-order valence-electron chi connectivity index (χ0n) is 6.48. The van der Waals surface area contributed by atoms with Gasteiger partial charge in [0, 0.05) is 7.05 Å². The van der Waals surface area contributed by atoms with Crippen LogP contribution in [0.5, 0.6) is 0 Å². The van der Waals surface area contributed by atoms with Gasteiger partial charge in [0.2, 0.25) is 0 Å². The maximum Gasteiger partial charge on any atom is 0.354 e. The highest BCUT2D eigenvalue weighted by atomic mass is 16.4. The van der Waals surface area contributed by atoms with Crippen molar-refractivity contribution in [2.75, 3.05) is 0 Å². The highest BCUT2D eigenvalue weighted by molar-refractivity contribution is 5.85. The van der Waals surface area contributed by atoms with Crippen LogP contribution in [0.2, 0.25) is 0 Å². The van der Waals surface area contributed by atoms with E-state index < -0.39 is 5.97 Å². The van der Waals surface area contributed by atoms with E-state index in [1.807, 2.05) is 6.07 Å². The van der Waals surface area contributed by atoms with Gasteiger partial charge in [-0.1, -0.05) is 0 Å². The summed E-state index contributed by atoms with van der Waals surface area (Å²) in [6, 6.07) is 3.29. The van der Waals surface area contributed by atoms with Gasteiger partial charge < -0.3 is 5.11 Å². The number of aryl methyl sites for hydroxylation is 1. The fourth-order valence-electron chi connectivity index (χ4n) is 0.894. The normalized spacial score (nSPS) is 9.33. The van der Waals surface area contributed by atoms with Crippen LogP contribution in [0.15, 0.2) is 6.07 Å². The third-order valence-corrected chi connectivity index (χ3v) is 1.41. The molecule has 0 saturated carbocycles. The third kappa shape index (κ3) is 1.42. The lowest BCUT2D eigenvalue weighted by atomic mass is 10.3. The van der Waals surface area contributed by atoms with Crippen LogP contribution in [-0.2, 0) is 13.5 Å². The standard InChI is InChI=1S/C7H7N3O2/c1-10-6(7(11)12)4-5(9-10)2-3-8/h4H,2H2,1H3,(H,11,12). The molecule has 0 saturated heterocycles. The molecule has 0 fully saturated rings. The molecule has 1 aromatic rings. The zero-order chi connectivity index (χ0) is 9.14. The molecule has 5 heteroatoms. The number of hydrogen-bond acceptors (Lipinski definition) is 3. The summed E-state index contributed by atoms with van der Waals surface area (Å²) < 4.78 is 1.25. The third-order valence-electron chi connectivity index (χ3n) is 1.41. The highest BCUT2D eigenvalue weighted by Gasteiger charge is 2.10. The van der Waals surface area contributed by atoms with Crippen LogP contribution in [0.1, 0.15) is 16.2 Å². The Morgan fingerprint density at radius 1 is 1.92 bits per heavy atom. The fourth-order valence-corrected chi connectivity index (χ4v) is 0.894. The van der Waals surface area contributed by atoms with Crippen molar-refractivity contribution >= 4 is 5.97 Å². The lowest BCUT2D eigenvalue weighted by molar-refractivity contribution is 0.0685. The van der Waals surface area contributed by atoms with Gasteiger partial charge in [-0.05, 0) is 6.07 Å². The number of carbonyl (C=O) groups is 1. The number of nitrogens with zero attached hydrogens (tertiary/aromatic N) is 3. The Morgan fingerprint density at radius 3 is 3.00 bits per heavy atom. The molecule has 0 aliphatic carbocycles. The largest absolute Gasteiger partial charge is 0.477 e. The Hall–Kier alpha value is -1.83. The second-order valence-electron chi connectivity index (χ2n) is 2.28. The Morgan fingerprint density at radius 2 is 2.58 bits per heavy atom. The van der Waals surface area contributed by atoms with Crippen molar-refractivity contribution in [3.8, 4) is 6.07 Å². The van der Waals surface area contributed by atoms with Crippen LogP contribution in [0.25, 0.3) is 0 Å². The second kappa shape index (κ2) is 3.05. The molecule has 1 heterocycles. The maximum absolute atomic E-state index is 10.5. The minimum Gasteiger partial charge on any atom is -0.477 e. The van der Waals surface area contributed by atoms with E-state index >= 15 is 0 Å². The van der Waals surface area contributed by atoms with Crippen LogP contribution in [0, 0.1) is 11.3 Å². The first-order chi connectivity index (χ1) is 5.65. The summed E-state index contributed by atoms with van der Waals surface area (Å²) in [7, 11) is 1.53. The summed E-state index contributed by atoms with van der Waals surface area (Å²) in [6.45, 7) is 0. The summed E-state index contributed by atoms with van der Waals surface area (Å²) in [5.74, 6) is -1.03. The summed E-state index contributed by atoms with van der Waals surface area (Å²) in [5.41, 5.74) is 0.581. The first-order valence-electron chi connectivity index (χ1n) is 3.28. The number of carboxylic acid groups (broad SMARTS) is 1. The first kappa shape index (κ1) is 8.27. The average molecular weight is 165 g/mol. The molecule has 0 atom stereocenters. The number of nitriles is 1. The number of carboxylic acids is 1. The lowest BCUT2D eigenvalue weighted by Crippen LogP contribution is -2.04. The minimum absolute atomic E-state index is 0.0975. The summed E-state index contributed by atoms with van der Waals surface area (Å²) >= 11 is 0. The predicted molar refractivity (Wildman–Crippen MR) is 39.5 cm³/mol. The molecule has 0 amide bonds. The van der Waals surface area contributed by atoms with Gasteiger partial charge in [0.15, 0.2) is 0 Å². The first-order valence-corrected chi connectivity index (χ1v) is 3.28. The summed E-state index contributed by atoms with van der Waals surface area (Å²) in [5, 5.41) is 20.8. The quantitative estimate of drug-likeness (QED) is 0.678. The predicted octanol–water partition coefficient (Wildman–Crippen LogP) is 0.184. The van der Waals surface area contributed by atoms with E-state index in [2.05, 4.69) is 5.10 Å². The number of aromatic nitrogens is 2. The van der Waals surface area contributed by atoms with Crippen LogP contribution < -0.4 is 0 Å². The molecule has 12 heavy (non-hydrogen) atoms. The molecule has 0 unspecified atom stereocenters. The molecule has 1 N–H and O–H groups in total. The Balaban J connectivity index is 3.02. The van der Waals surface area contributed by atoms with Crippen molar-refractivity contribution in [3.63, 3.8) is 0 Å². The Bertz CT molecular complexity index is 348. The molecule has 0 bridgehead atoms. The van der Waals surface area contributed by atoms with Gasteiger partial charge in [0.1, 0.15) is 5.69 Å². The molecular weight excluding hydrogens is 158 g/mol. The smallest absolute Gasteiger partial charge is 0.354 e. The van der Waals surface area contributed by atoms with E-state index in [9.17, 15) is 4.79 Å². The molecule has 1 rings (SSSR count). The van der Waals surface area contributed by atoms with Gasteiger partial charge in [0.05, 0.1) is 18.2 Å². The van der Waals surface area contributed by atoms with Crippen molar-refractivity contribution < 1.29 is 9.90 Å². The number of aromatic carboxylic acids is 1. The van der Waals surface area contributed by atoms with Gasteiger partial charge in [0.25, 0.3) is 0 Å². The van der Waals surface area contributed by atoms with Gasteiger partial charge >= 0.3 is 5.97 Å². The van der Waals surface area contributed by atoms with E-state index in [1.165, 1.54) is 17.8 Å². The number of hydrogen-bond donors (Lipinski definition) is 1. The molecule has 62 valence electrons. The molecule has 0 aromatic carbocycles. The summed E-state index contributed by atoms with van der Waals surface area (Å²) in [4.78, 5) is 10.5. The van der Waals surface area contributed by atoms with E-state index in [-0.39, 0.29) is 12.1 Å². The van der Waals surface area contributed by atoms with Crippen LogP contribution in [0.3, 0.4) is 0 Å². The van der Waals surface area contributed by atoms with Crippen LogP contribution >= 0.6 is 0 Å². The SMILES string of the molecule is Cn1nc(CC#N)cc1C(=O)O. The molecule has 1 aromatic heterocycles. The molecule has 0 spiro atoms. The van der Waals surface area contributed by atoms with Gasteiger partial charge in [-0.15, -0.1) is 0 Å². The highest BCUT2D eigenvalue weighted by Crippen LogP contribution is 2.02. The Kier molecular flexibility index (Phi) is 2.10. The minimum atomic E-state index is -1.03. The van der Waals surface area contributed by atoms with Crippen LogP contribution in [0.4, 0.5) is 0 Å². The van der Waals surface area contributed by atoms with E-state index in [0.717, 1.165) is 0 Å². The molecule has 0 aliphatic heterocycles. The topological polar surface area (TPSA) is 78.9 Å². The van der Waals surface area contributed by atoms with Crippen molar-refractivity contribution in [2.45, 2.75) is 6.42 Å². The number of rotatable bonds is 2. The van der Waals surface area contributed by atoms with Gasteiger partial charge in [-0.3, -0.25) is 4.68 Å². The van der Waals surface area contributed by atoms with Crippen molar-refractivity contribution in [3.05, 3.63) is 17.5 Å². The van der Waals surface area contributed by atoms with Crippen molar-refractivity contribution in [2.24, 2.45) is 7.05 Å². The molecule has 0 radical (unpaired) electrons. The maximum atomic E-state index is 10.5. The fraction of sp³-hybridized carbons (Fsp3) is 0.286. The second-order valence-corrected chi connectivity index (χ2v) is 2.28. The van der Waals surface area contributed by atoms with E-state index in [4.69, 9.17) is 10.4 Å².